The van der Waals surface area contributed by atoms with Crippen LogP contribution in [0.15, 0.2) is 42.5 Å². The summed E-state index contributed by atoms with van der Waals surface area (Å²) in [6, 6.07) is 12.8. The van der Waals surface area contributed by atoms with E-state index in [2.05, 4.69) is 22.3 Å². The Morgan fingerprint density at radius 1 is 1.19 bits per heavy atom. The number of cyclic esters (lactones) is 1. The zero-order valence-corrected chi connectivity index (χ0v) is 18.3. The van der Waals surface area contributed by atoms with Crippen molar-refractivity contribution in [3.05, 3.63) is 53.8 Å². The molecule has 2 aromatic rings. The number of amides is 2. The number of carbonyl (C=O) groups is 2. The molecular weight excluding hydrogens is 417 g/mol. The Morgan fingerprint density at radius 3 is 2.61 bits per heavy atom. The van der Waals surface area contributed by atoms with Gasteiger partial charge in [0.15, 0.2) is 0 Å². The van der Waals surface area contributed by atoms with Crippen LogP contribution in [0.3, 0.4) is 0 Å². The molecular formula is C23H26FN3O3S. The van der Waals surface area contributed by atoms with E-state index in [9.17, 15) is 14.0 Å². The largest absolute Gasteiger partial charge is 0.442 e. The number of nitrogens with one attached hydrogen (secondary N) is 1. The Labute approximate surface area is 185 Å². The van der Waals surface area contributed by atoms with Crippen LogP contribution in [0.25, 0.3) is 11.1 Å². The van der Waals surface area contributed by atoms with Crippen LogP contribution in [0.4, 0.5) is 14.9 Å². The smallest absolute Gasteiger partial charge is 0.414 e. The van der Waals surface area contributed by atoms with E-state index >= 15 is 0 Å². The van der Waals surface area contributed by atoms with E-state index < -0.39 is 18.0 Å². The minimum absolute atomic E-state index is 0.189. The lowest BCUT2D eigenvalue weighted by Gasteiger charge is -2.26. The molecule has 2 aliphatic heterocycles. The van der Waals surface area contributed by atoms with Crippen LogP contribution in [-0.2, 0) is 16.1 Å². The van der Waals surface area contributed by atoms with Gasteiger partial charge >= 0.3 is 6.09 Å². The summed E-state index contributed by atoms with van der Waals surface area (Å²) in [5, 5.41) is 2.63. The Hall–Kier alpha value is -2.58. The molecule has 164 valence electrons. The number of anilines is 1. The predicted molar refractivity (Wildman–Crippen MR) is 121 cm³/mol. The normalized spacial score (nSPS) is 19.4. The number of ether oxygens (including phenoxy) is 1. The van der Waals surface area contributed by atoms with Crippen LogP contribution >= 0.6 is 11.8 Å². The molecule has 31 heavy (non-hydrogen) atoms. The Kier molecular flexibility index (Phi) is 6.77. The maximum atomic E-state index is 14.9. The Balaban J connectivity index is 1.42. The summed E-state index contributed by atoms with van der Waals surface area (Å²) in [5.74, 6) is 1.77. The fourth-order valence-corrected chi connectivity index (χ4v) is 4.79. The third kappa shape index (κ3) is 5.37. The molecule has 0 unspecified atom stereocenters. The molecule has 0 radical (unpaired) electrons. The molecule has 4 rings (SSSR count). The first-order valence-corrected chi connectivity index (χ1v) is 11.6. The fraction of sp³-hybridized carbons (Fsp3) is 0.391. The lowest BCUT2D eigenvalue weighted by Crippen LogP contribution is -2.33. The third-order valence-electron chi connectivity index (χ3n) is 5.49. The first-order chi connectivity index (χ1) is 15.0. The van der Waals surface area contributed by atoms with Gasteiger partial charge in [-0.1, -0.05) is 24.3 Å². The molecule has 0 saturated carbocycles. The first kappa shape index (κ1) is 21.6. The number of thioether (sulfide) groups is 1. The van der Waals surface area contributed by atoms with E-state index in [-0.39, 0.29) is 19.0 Å². The van der Waals surface area contributed by atoms with Crippen molar-refractivity contribution in [3.63, 3.8) is 0 Å². The van der Waals surface area contributed by atoms with E-state index in [0.29, 0.717) is 11.3 Å². The minimum atomic E-state index is -0.539. The molecule has 0 aromatic heterocycles. The molecule has 2 aromatic carbocycles. The topological polar surface area (TPSA) is 61.9 Å². The van der Waals surface area contributed by atoms with Crippen molar-refractivity contribution in [2.45, 2.75) is 19.6 Å². The molecule has 0 spiro atoms. The summed E-state index contributed by atoms with van der Waals surface area (Å²) in [4.78, 5) is 27.0. The molecule has 2 saturated heterocycles. The van der Waals surface area contributed by atoms with Crippen molar-refractivity contribution in [1.29, 1.82) is 0 Å². The lowest BCUT2D eigenvalue weighted by molar-refractivity contribution is -0.119. The van der Waals surface area contributed by atoms with Crippen LogP contribution in [0, 0.1) is 5.82 Å². The van der Waals surface area contributed by atoms with Gasteiger partial charge in [-0.05, 0) is 29.3 Å². The number of benzene rings is 2. The quantitative estimate of drug-likeness (QED) is 0.741. The zero-order valence-electron chi connectivity index (χ0n) is 17.5. The number of hydrogen-bond acceptors (Lipinski definition) is 5. The third-order valence-corrected chi connectivity index (χ3v) is 6.43. The molecule has 2 heterocycles. The van der Waals surface area contributed by atoms with Gasteiger partial charge in [0.2, 0.25) is 5.91 Å². The summed E-state index contributed by atoms with van der Waals surface area (Å²) in [5.41, 5.74) is 2.95. The highest BCUT2D eigenvalue weighted by atomic mass is 32.2. The number of rotatable bonds is 6. The number of halogens is 1. The molecule has 1 atom stereocenters. The van der Waals surface area contributed by atoms with Crippen LogP contribution in [-0.4, -0.2) is 60.7 Å². The van der Waals surface area contributed by atoms with Gasteiger partial charge in [-0.15, -0.1) is 0 Å². The van der Waals surface area contributed by atoms with Gasteiger partial charge in [0.25, 0.3) is 0 Å². The van der Waals surface area contributed by atoms with Crippen molar-refractivity contribution in [3.8, 4) is 11.1 Å². The van der Waals surface area contributed by atoms with Crippen LogP contribution in [0.5, 0.6) is 0 Å². The van der Waals surface area contributed by atoms with Gasteiger partial charge in [-0.25, -0.2) is 9.18 Å². The summed E-state index contributed by atoms with van der Waals surface area (Å²) in [6.07, 6.45) is -0.992. The van der Waals surface area contributed by atoms with Crippen molar-refractivity contribution < 1.29 is 18.7 Å². The highest BCUT2D eigenvalue weighted by Crippen LogP contribution is 2.29. The molecule has 6 nitrogen and oxygen atoms in total. The highest BCUT2D eigenvalue weighted by molar-refractivity contribution is 7.99. The number of hydrogen-bond donors (Lipinski definition) is 1. The summed E-state index contributed by atoms with van der Waals surface area (Å²) in [7, 11) is 0. The van der Waals surface area contributed by atoms with Gasteiger partial charge in [-0.2, -0.15) is 11.8 Å². The van der Waals surface area contributed by atoms with Gasteiger partial charge in [-0.3, -0.25) is 14.6 Å². The number of nitrogens with zero attached hydrogens (tertiary/aromatic N) is 2. The predicted octanol–water partition coefficient (Wildman–Crippen LogP) is 3.50. The highest BCUT2D eigenvalue weighted by Gasteiger charge is 2.32. The average molecular weight is 444 g/mol. The molecule has 2 amide bonds. The first-order valence-electron chi connectivity index (χ1n) is 10.4. The van der Waals surface area contributed by atoms with Gasteiger partial charge in [0, 0.05) is 43.6 Å². The average Bonchev–Trinajstić information content (AvgIpc) is 3.14. The second-order valence-corrected chi connectivity index (χ2v) is 9.03. The molecule has 1 N–H and O–H groups in total. The Bertz CT molecular complexity index is 948. The monoisotopic (exact) mass is 443 g/mol. The summed E-state index contributed by atoms with van der Waals surface area (Å²) in [6.45, 7) is 5.03. The van der Waals surface area contributed by atoms with Gasteiger partial charge in [0.1, 0.15) is 11.9 Å². The molecule has 0 aliphatic carbocycles. The van der Waals surface area contributed by atoms with Gasteiger partial charge in [0.05, 0.1) is 18.8 Å². The van der Waals surface area contributed by atoms with Crippen molar-refractivity contribution in [1.82, 2.24) is 10.2 Å². The van der Waals surface area contributed by atoms with E-state index in [1.165, 1.54) is 35.0 Å². The Morgan fingerprint density at radius 2 is 1.94 bits per heavy atom. The SMILES string of the molecule is CC(=O)NC[C@H]1CN(c2ccc(-c3ccc(CN4CCSCC4)cc3)c(F)c2)C(=O)O1. The standard InChI is InChI=1S/C23H26FN3O3S/c1-16(28)25-13-20-15-27(23(29)30-20)19-6-7-21(22(24)12-19)18-4-2-17(3-5-18)14-26-8-10-31-11-9-26/h2-7,12,20H,8-11,13-15H2,1H3,(H,25,28)/t20-/m0/s1. The second kappa shape index (κ2) is 9.70. The molecule has 2 fully saturated rings. The lowest BCUT2D eigenvalue weighted by atomic mass is 10.0. The van der Waals surface area contributed by atoms with E-state index in [0.717, 1.165) is 25.2 Å². The van der Waals surface area contributed by atoms with E-state index in [4.69, 9.17) is 4.74 Å². The van der Waals surface area contributed by atoms with Crippen LogP contribution in [0.2, 0.25) is 0 Å². The molecule has 0 bridgehead atoms. The van der Waals surface area contributed by atoms with Crippen LogP contribution in [0.1, 0.15) is 12.5 Å². The van der Waals surface area contributed by atoms with Crippen molar-refractivity contribution in [2.24, 2.45) is 0 Å². The molecule has 8 heteroatoms. The second-order valence-electron chi connectivity index (χ2n) is 7.80. The zero-order chi connectivity index (χ0) is 21.8. The van der Waals surface area contributed by atoms with E-state index in [1.54, 1.807) is 12.1 Å². The minimum Gasteiger partial charge on any atom is -0.442 e. The molecule has 2 aliphatic rings. The van der Waals surface area contributed by atoms with Crippen LogP contribution < -0.4 is 10.2 Å². The number of carbonyl (C=O) groups excluding carboxylic acids is 2. The van der Waals surface area contributed by atoms with Crippen molar-refractivity contribution in [2.75, 3.05) is 42.6 Å². The fourth-order valence-electron chi connectivity index (χ4n) is 3.81. The van der Waals surface area contributed by atoms with Gasteiger partial charge < -0.3 is 10.1 Å². The summed E-state index contributed by atoms with van der Waals surface area (Å²) >= 11 is 1.99. The maximum absolute atomic E-state index is 14.9. The van der Waals surface area contributed by atoms with Crippen molar-refractivity contribution >= 4 is 29.4 Å². The van der Waals surface area contributed by atoms with E-state index in [1.807, 2.05) is 23.9 Å². The maximum Gasteiger partial charge on any atom is 0.414 e. The summed E-state index contributed by atoms with van der Waals surface area (Å²) < 4.78 is 20.1.